The third-order valence-electron chi connectivity index (χ3n) is 1.72. The van der Waals surface area contributed by atoms with Crippen LogP contribution in [0, 0.1) is 13.8 Å². The van der Waals surface area contributed by atoms with Gasteiger partial charge in [0.15, 0.2) is 0 Å². The monoisotopic (exact) mass is 181 g/mol. The van der Waals surface area contributed by atoms with Crippen molar-refractivity contribution in [2.24, 2.45) is 0 Å². The van der Waals surface area contributed by atoms with E-state index in [4.69, 9.17) is 0 Å². The molecule has 1 N–H and O–H groups in total. The molecule has 0 amide bonds. The Morgan fingerprint density at radius 2 is 2.08 bits per heavy atom. The number of benzene rings is 1. The molecule has 0 aliphatic rings. The average molecular weight is 181 g/mol. The van der Waals surface area contributed by atoms with Gasteiger partial charge in [-0.05, 0) is 32.5 Å². The summed E-state index contributed by atoms with van der Waals surface area (Å²) in [7, 11) is 1.97. The Kier molecular flexibility index (Phi) is 3.63. The van der Waals surface area contributed by atoms with Gasteiger partial charge in [0, 0.05) is 10.8 Å². The van der Waals surface area contributed by atoms with Gasteiger partial charge >= 0.3 is 0 Å². The predicted molar refractivity (Wildman–Crippen MR) is 55.7 cm³/mol. The van der Waals surface area contributed by atoms with Crippen LogP contribution in [0.15, 0.2) is 23.1 Å². The summed E-state index contributed by atoms with van der Waals surface area (Å²) < 4.78 is 0. The number of nitrogens with one attached hydrogen (secondary N) is 1. The van der Waals surface area contributed by atoms with Gasteiger partial charge in [0.1, 0.15) is 0 Å². The maximum absolute atomic E-state index is 3.13. The van der Waals surface area contributed by atoms with Crippen molar-refractivity contribution < 1.29 is 0 Å². The Morgan fingerprint density at radius 3 is 2.75 bits per heavy atom. The molecule has 1 aromatic rings. The Morgan fingerprint density at radius 1 is 1.33 bits per heavy atom. The summed E-state index contributed by atoms with van der Waals surface area (Å²) >= 11 is 1.85. The molecule has 0 saturated heterocycles. The van der Waals surface area contributed by atoms with E-state index in [0.717, 1.165) is 5.88 Å². The van der Waals surface area contributed by atoms with Gasteiger partial charge < -0.3 is 5.32 Å². The van der Waals surface area contributed by atoms with Crippen molar-refractivity contribution >= 4 is 11.8 Å². The predicted octanol–water partition coefficient (Wildman–Crippen LogP) is 2.57. The maximum atomic E-state index is 3.13. The second-order valence-electron chi connectivity index (χ2n) is 2.91. The van der Waals surface area contributed by atoms with Gasteiger partial charge in [-0.2, -0.15) is 0 Å². The van der Waals surface area contributed by atoms with Gasteiger partial charge in [-0.3, -0.25) is 0 Å². The first-order chi connectivity index (χ1) is 5.74. The largest absolute Gasteiger partial charge is 0.311 e. The molecule has 1 rings (SSSR count). The van der Waals surface area contributed by atoms with Gasteiger partial charge in [0.25, 0.3) is 0 Å². The summed E-state index contributed by atoms with van der Waals surface area (Å²) in [6.07, 6.45) is 0. The summed E-state index contributed by atoms with van der Waals surface area (Å²) in [5.41, 5.74) is 2.69. The van der Waals surface area contributed by atoms with E-state index in [1.807, 2.05) is 18.8 Å². The molecular formula is C10H15NS. The highest BCUT2D eigenvalue weighted by Crippen LogP contribution is 2.22. The zero-order chi connectivity index (χ0) is 8.97. The SMILES string of the molecule is CNCSc1cc(C)ccc1C. The van der Waals surface area contributed by atoms with Crippen LogP contribution in [0.4, 0.5) is 0 Å². The summed E-state index contributed by atoms with van der Waals surface area (Å²) in [5.74, 6) is 0.976. The van der Waals surface area contributed by atoms with Crippen LogP contribution in [0.25, 0.3) is 0 Å². The molecule has 0 heterocycles. The minimum Gasteiger partial charge on any atom is -0.311 e. The minimum absolute atomic E-state index is 0.976. The Hall–Kier alpha value is -0.470. The van der Waals surface area contributed by atoms with E-state index in [1.165, 1.54) is 16.0 Å². The van der Waals surface area contributed by atoms with Crippen molar-refractivity contribution in [2.45, 2.75) is 18.7 Å². The molecule has 0 unspecified atom stereocenters. The highest BCUT2D eigenvalue weighted by atomic mass is 32.2. The lowest BCUT2D eigenvalue weighted by Crippen LogP contribution is -2.03. The van der Waals surface area contributed by atoms with Crippen LogP contribution in [0.5, 0.6) is 0 Å². The maximum Gasteiger partial charge on any atom is 0.0463 e. The molecule has 66 valence electrons. The fourth-order valence-corrected chi connectivity index (χ4v) is 1.88. The number of rotatable bonds is 3. The van der Waals surface area contributed by atoms with Crippen LogP contribution >= 0.6 is 11.8 Å². The lowest BCUT2D eigenvalue weighted by molar-refractivity contribution is 0.981. The lowest BCUT2D eigenvalue weighted by Gasteiger charge is -2.05. The molecule has 0 aliphatic carbocycles. The van der Waals surface area contributed by atoms with Gasteiger partial charge in [-0.25, -0.2) is 0 Å². The Balaban J connectivity index is 2.75. The Bertz CT molecular complexity index is 258. The highest BCUT2D eigenvalue weighted by molar-refractivity contribution is 7.99. The normalized spacial score (nSPS) is 10.2. The van der Waals surface area contributed by atoms with Gasteiger partial charge in [0.05, 0.1) is 0 Å². The Labute approximate surface area is 78.6 Å². The molecule has 0 saturated carbocycles. The lowest BCUT2D eigenvalue weighted by atomic mass is 10.2. The van der Waals surface area contributed by atoms with E-state index in [0.29, 0.717) is 0 Å². The first-order valence-corrected chi connectivity index (χ1v) is 5.07. The topological polar surface area (TPSA) is 12.0 Å². The van der Waals surface area contributed by atoms with E-state index in [2.05, 4.69) is 37.4 Å². The van der Waals surface area contributed by atoms with Crippen LogP contribution in [0.2, 0.25) is 0 Å². The van der Waals surface area contributed by atoms with Gasteiger partial charge in [-0.15, -0.1) is 11.8 Å². The van der Waals surface area contributed by atoms with Gasteiger partial charge in [-0.1, -0.05) is 17.7 Å². The van der Waals surface area contributed by atoms with E-state index >= 15 is 0 Å². The van der Waals surface area contributed by atoms with E-state index < -0.39 is 0 Å². The summed E-state index contributed by atoms with van der Waals surface area (Å²) in [6, 6.07) is 6.56. The van der Waals surface area contributed by atoms with Crippen molar-refractivity contribution in [3.63, 3.8) is 0 Å². The molecule has 0 bridgehead atoms. The second-order valence-corrected chi connectivity index (χ2v) is 3.93. The molecule has 0 aromatic heterocycles. The molecule has 0 atom stereocenters. The quantitative estimate of drug-likeness (QED) is 0.568. The summed E-state index contributed by atoms with van der Waals surface area (Å²) in [5, 5.41) is 3.13. The first kappa shape index (κ1) is 9.62. The molecule has 1 nitrogen and oxygen atoms in total. The molecular weight excluding hydrogens is 166 g/mol. The van der Waals surface area contributed by atoms with Gasteiger partial charge in [0.2, 0.25) is 0 Å². The number of hydrogen-bond donors (Lipinski definition) is 1. The first-order valence-electron chi connectivity index (χ1n) is 4.08. The van der Waals surface area contributed by atoms with E-state index in [9.17, 15) is 0 Å². The number of hydrogen-bond acceptors (Lipinski definition) is 2. The van der Waals surface area contributed by atoms with Crippen molar-refractivity contribution in [1.29, 1.82) is 0 Å². The zero-order valence-electron chi connectivity index (χ0n) is 7.85. The van der Waals surface area contributed by atoms with Crippen molar-refractivity contribution in [2.75, 3.05) is 12.9 Å². The molecule has 12 heavy (non-hydrogen) atoms. The van der Waals surface area contributed by atoms with Crippen LogP contribution < -0.4 is 5.32 Å². The molecule has 0 radical (unpaired) electrons. The van der Waals surface area contributed by atoms with E-state index in [-0.39, 0.29) is 0 Å². The fourth-order valence-electron chi connectivity index (χ4n) is 1.01. The van der Waals surface area contributed by atoms with Crippen LogP contribution in [-0.2, 0) is 0 Å². The fraction of sp³-hybridized carbons (Fsp3) is 0.400. The summed E-state index contributed by atoms with van der Waals surface area (Å²) in [6.45, 7) is 4.28. The average Bonchev–Trinajstić information content (AvgIpc) is 2.07. The third kappa shape index (κ3) is 2.54. The molecule has 2 heteroatoms. The molecule has 0 spiro atoms. The van der Waals surface area contributed by atoms with Crippen LogP contribution in [-0.4, -0.2) is 12.9 Å². The zero-order valence-corrected chi connectivity index (χ0v) is 8.66. The third-order valence-corrected chi connectivity index (χ3v) is 2.90. The van der Waals surface area contributed by atoms with Crippen molar-refractivity contribution in [3.8, 4) is 0 Å². The minimum atomic E-state index is 0.976. The van der Waals surface area contributed by atoms with Crippen molar-refractivity contribution in [1.82, 2.24) is 5.32 Å². The number of aryl methyl sites for hydroxylation is 2. The highest BCUT2D eigenvalue weighted by Gasteiger charge is 1.97. The number of thioether (sulfide) groups is 1. The van der Waals surface area contributed by atoms with Crippen LogP contribution in [0.3, 0.4) is 0 Å². The van der Waals surface area contributed by atoms with Crippen molar-refractivity contribution in [3.05, 3.63) is 29.3 Å². The second kappa shape index (κ2) is 4.53. The molecule has 1 aromatic carbocycles. The molecule has 0 fully saturated rings. The summed E-state index contributed by atoms with van der Waals surface area (Å²) in [4.78, 5) is 1.38. The van der Waals surface area contributed by atoms with E-state index in [1.54, 1.807) is 0 Å². The smallest absolute Gasteiger partial charge is 0.0463 e. The molecule has 0 aliphatic heterocycles. The van der Waals surface area contributed by atoms with Crippen LogP contribution in [0.1, 0.15) is 11.1 Å². The standard InChI is InChI=1S/C10H15NS/c1-8-4-5-9(2)10(6-8)12-7-11-3/h4-6,11H,7H2,1-3H3.